The third-order valence-corrected chi connectivity index (χ3v) is 4.80. The molecule has 1 aliphatic rings. The molecule has 0 spiro atoms. The minimum atomic E-state index is -0.518. The number of benzene rings is 1. The number of carbonyl (C=O) groups is 1. The summed E-state index contributed by atoms with van der Waals surface area (Å²) in [6.07, 6.45) is 2.74. The van der Waals surface area contributed by atoms with Crippen LogP contribution in [0.2, 0.25) is 5.02 Å². The molecule has 0 saturated carbocycles. The topological polar surface area (TPSA) is 41.4 Å². The zero-order valence-corrected chi connectivity index (χ0v) is 15.2. The zero-order chi connectivity index (χ0) is 18.0. The molecular formula is C18H22ClFN4O. The van der Waals surface area contributed by atoms with Gasteiger partial charge in [0.25, 0.3) is 5.91 Å². The highest BCUT2D eigenvalue weighted by Crippen LogP contribution is 2.22. The molecule has 3 rings (SSSR count). The second kappa shape index (κ2) is 7.54. The van der Waals surface area contributed by atoms with Gasteiger partial charge in [0.15, 0.2) is 0 Å². The van der Waals surface area contributed by atoms with Crippen molar-refractivity contribution < 1.29 is 9.18 Å². The number of fused-ring (bicyclic) bond motifs is 1. The first kappa shape index (κ1) is 17.9. The first-order chi connectivity index (χ1) is 11.9. The molecule has 1 aromatic carbocycles. The molecule has 0 aliphatic carbocycles. The summed E-state index contributed by atoms with van der Waals surface area (Å²) in [4.78, 5) is 16.9. The average Bonchev–Trinajstić information content (AvgIpc) is 2.92. The van der Waals surface area contributed by atoms with E-state index >= 15 is 0 Å². The SMILES string of the molecule is CN(C)CC[C@H]1CN(C(=O)c2ccc(F)c(Cl)c2)Cc2ccnn2C1. The van der Waals surface area contributed by atoms with E-state index in [1.165, 1.54) is 18.2 Å². The van der Waals surface area contributed by atoms with Gasteiger partial charge in [-0.05, 0) is 57.2 Å². The molecule has 7 heteroatoms. The van der Waals surface area contributed by atoms with Crippen LogP contribution in [-0.2, 0) is 13.1 Å². The van der Waals surface area contributed by atoms with E-state index in [0.29, 0.717) is 24.6 Å². The third kappa shape index (κ3) is 4.19. The van der Waals surface area contributed by atoms with Crippen LogP contribution in [0, 0.1) is 11.7 Å². The minimum Gasteiger partial charge on any atom is -0.332 e. The number of carbonyl (C=O) groups excluding carboxylic acids is 1. The van der Waals surface area contributed by atoms with E-state index in [1.54, 1.807) is 6.20 Å². The van der Waals surface area contributed by atoms with Crippen molar-refractivity contribution >= 4 is 17.5 Å². The summed E-state index contributed by atoms with van der Waals surface area (Å²) in [5.41, 5.74) is 1.42. The molecule has 0 bridgehead atoms. The fourth-order valence-corrected chi connectivity index (χ4v) is 3.30. The molecule has 1 aliphatic heterocycles. The quantitative estimate of drug-likeness (QED) is 0.837. The van der Waals surface area contributed by atoms with E-state index in [9.17, 15) is 9.18 Å². The van der Waals surface area contributed by atoms with E-state index in [2.05, 4.69) is 10.00 Å². The van der Waals surface area contributed by atoms with Gasteiger partial charge in [0.1, 0.15) is 5.82 Å². The molecule has 5 nitrogen and oxygen atoms in total. The van der Waals surface area contributed by atoms with Crippen molar-refractivity contribution in [2.45, 2.75) is 19.5 Å². The molecule has 1 amide bonds. The summed E-state index contributed by atoms with van der Waals surface area (Å²) in [5, 5.41) is 4.35. The van der Waals surface area contributed by atoms with Gasteiger partial charge in [-0.3, -0.25) is 9.48 Å². The normalized spacial score (nSPS) is 17.5. The van der Waals surface area contributed by atoms with E-state index in [1.807, 2.05) is 29.7 Å². The Balaban J connectivity index is 1.83. The Kier molecular flexibility index (Phi) is 5.39. The van der Waals surface area contributed by atoms with Crippen LogP contribution in [-0.4, -0.2) is 52.7 Å². The first-order valence-corrected chi connectivity index (χ1v) is 8.71. The Bertz CT molecular complexity index is 761. The minimum absolute atomic E-state index is 0.0325. The lowest BCUT2D eigenvalue weighted by Crippen LogP contribution is -2.34. The first-order valence-electron chi connectivity index (χ1n) is 8.34. The standard InChI is InChI=1S/C18H22ClFN4O/c1-22(2)8-6-13-10-23(12-15-5-7-21-24(15)11-13)18(25)14-3-4-17(20)16(19)9-14/h3-5,7,9,13H,6,8,10-12H2,1-2H3/t13-/m0/s1. The molecule has 134 valence electrons. The lowest BCUT2D eigenvalue weighted by molar-refractivity contribution is 0.0716. The van der Waals surface area contributed by atoms with Crippen molar-refractivity contribution in [1.82, 2.24) is 19.6 Å². The van der Waals surface area contributed by atoms with Crippen LogP contribution in [0.5, 0.6) is 0 Å². The number of aromatic nitrogens is 2. The highest BCUT2D eigenvalue weighted by Gasteiger charge is 2.26. The molecule has 1 atom stereocenters. The van der Waals surface area contributed by atoms with Crippen molar-refractivity contribution in [3.8, 4) is 0 Å². The van der Waals surface area contributed by atoms with Gasteiger partial charge < -0.3 is 9.80 Å². The Morgan fingerprint density at radius 1 is 1.36 bits per heavy atom. The Hall–Kier alpha value is -1.92. The number of halogens is 2. The van der Waals surface area contributed by atoms with Gasteiger partial charge >= 0.3 is 0 Å². The van der Waals surface area contributed by atoms with E-state index in [0.717, 1.165) is 25.2 Å². The van der Waals surface area contributed by atoms with Crippen molar-refractivity contribution in [3.63, 3.8) is 0 Å². The number of rotatable bonds is 4. The summed E-state index contributed by atoms with van der Waals surface area (Å²) in [5.74, 6) is -0.342. The second-order valence-corrected chi connectivity index (χ2v) is 7.18. The van der Waals surface area contributed by atoms with Gasteiger partial charge in [0.2, 0.25) is 0 Å². The van der Waals surface area contributed by atoms with Crippen LogP contribution in [0.25, 0.3) is 0 Å². The Morgan fingerprint density at radius 2 is 2.16 bits per heavy atom. The maximum atomic E-state index is 13.4. The van der Waals surface area contributed by atoms with Gasteiger partial charge in [0.05, 0.1) is 17.3 Å². The Labute approximate surface area is 152 Å². The number of hydrogen-bond donors (Lipinski definition) is 0. The second-order valence-electron chi connectivity index (χ2n) is 6.78. The lowest BCUT2D eigenvalue weighted by atomic mass is 10.0. The fraction of sp³-hybridized carbons (Fsp3) is 0.444. The highest BCUT2D eigenvalue weighted by atomic mass is 35.5. The van der Waals surface area contributed by atoms with Crippen LogP contribution < -0.4 is 0 Å². The predicted molar refractivity (Wildman–Crippen MR) is 95.0 cm³/mol. The zero-order valence-electron chi connectivity index (χ0n) is 14.5. The van der Waals surface area contributed by atoms with Crippen LogP contribution in [0.4, 0.5) is 4.39 Å². The fourth-order valence-electron chi connectivity index (χ4n) is 3.12. The molecule has 0 radical (unpaired) electrons. The average molecular weight is 365 g/mol. The van der Waals surface area contributed by atoms with Gasteiger partial charge in [0, 0.05) is 24.8 Å². The summed E-state index contributed by atoms with van der Waals surface area (Å²) in [6, 6.07) is 6.06. The molecule has 0 fully saturated rings. The van der Waals surface area contributed by atoms with Gasteiger partial charge in [-0.25, -0.2) is 4.39 Å². The van der Waals surface area contributed by atoms with Gasteiger partial charge in [-0.1, -0.05) is 11.6 Å². The summed E-state index contributed by atoms with van der Waals surface area (Å²) >= 11 is 5.84. The highest BCUT2D eigenvalue weighted by molar-refractivity contribution is 6.31. The van der Waals surface area contributed by atoms with E-state index in [4.69, 9.17) is 11.6 Å². The third-order valence-electron chi connectivity index (χ3n) is 4.51. The van der Waals surface area contributed by atoms with Crippen LogP contribution >= 0.6 is 11.6 Å². The Morgan fingerprint density at radius 3 is 2.88 bits per heavy atom. The monoisotopic (exact) mass is 364 g/mol. The maximum Gasteiger partial charge on any atom is 0.254 e. The molecule has 2 heterocycles. The molecule has 0 unspecified atom stereocenters. The molecular weight excluding hydrogens is 343 g/mol. The lowest BCUT2D eigenvalue weighted by Gasteiger charge is -2.25. The molecule has 0 saturated heterocycles. The number of amides is 1. The smallest absolute Gasteiger partial charge is 0.254 e. The van der Waals surface area contributed by atoms with Crippen molar-refractivity contribution in [2.75, 3.05) is 27.2 Å². The molecule has 25 heavy (non-hydrogen) atoms. The van der Waals surface area contributed by atoms with Crippen molar-refractivity contribution in [3.05, 3.63) is 52.6 Å². The van der Waals surface area contributed by atoms with Crippen molar-refractivity contribution in [1.29, 1.82) is 0 Å². The summed E-state index contributed by atoms with van der Waals surface area (Å²) < 4.78 is 15.4. The summed E-state index contributed by atoms with van der Waals surface area (Å²) in [7, 11) is 4.08. The summed E-state index contributed by atoms with van der Waals surface area (Å²) in [6.45, 7) is 2.88. The van der Waals surface area contributed by atoms with Crippen LogP contribution in [0.3, 0.4) is 0 Å². The van der Waals surface area contributed by atoms with E-state index in [-0.39, 0.29) is 10.9 Å². The van der Waals surface area contributed by atoms with E-state index < -0.39 is 5.82 Å². The van der Waals surface area contributed by atoms with Gasteiger partial charge in [-0.2, -0.15) is 5.10 Å². The number of hydrogen-bond acceptors (Lipinski definition) is 3. The molecule has 2 aromatic rings. The maximum absolute atomic E-state index is 13.4. The van der Waals surface area contributed by atoms with Crippen molar-refractivity contribution in [2.24, 2.45) is 5.92 Å². The van der Waals surface area contributed by atoms with Crippen LogP contribution in [0.15, 0.2) is 30.5 Å². The number of nitrogens with zero attached hydrogens (tertiary/aromatic N) is 4. The van der Waals surface area contributed by atoms with Gasteiger partial charge in [-0.15, -0.1) is 0 Å². The largest absolute Gasteiger partial charge is 0.332 e. The molecule has 1 aromatic heterocycles. The van der Waals surface area contributed by atoms with Crippen LogP contribution in [0.1, 0.15) is 22.5 Å². The molecule has 0 N–H and O–H groups in total. The predicted octanol–water partition coefficient (Wildman–Crippen LogP) is 2.90.